The molecule has 1 heterocycles. The van der Waals surface area contributed by atoms with Gasteiger partial charge in [-0.2, -0.15) is 0 Å². The number of esters is 1. The highest BCUT2D eigenvalue weighted by atomic mass is 16.6. The average molecular weight is 216 g/mol. The van der Waals surface area contributed by atoms with Gasteiger partial charge in [0.15, 0.2) is 6.10 Å². The Morgan fingerprint density at radius 1 is 1.40 bits per heavy atom. The highest BCUT2D eigenvalue weighted by Gasteiger charge is 2.37. The predicted octanol–water partition coefficient (Wildman–Crippen LogP) is 0.494. The van der Waals surface area contributed by atoms with Crippen LogP contribution in [0.15, 0.2) is 11.3 Å². The molecule has 2 unspecified atom stereocenters. The van der Waals surface area contributed by atoms with Crippen LogP contribution in [-0.2, 0) is 23.7 Å². The van der Waals surface area contributed by atoms with Gasteiger partial charge in [-0.1, -0.05) is 0 Å². The second kappa shape index (κ2) is 5.14. The SMILES string of the molecule is COCC(OC)C1OC(=O)C(OC)=C1C. The van der Waals surface area contributed by atoms with E-state index in [1.54, 1.807) is 21.1 Å². The summed E-state index contributed by atoms with van der Waals surface area (Å²) in [5.74, 6) is -0.184. The van der Waals surface area contributed by atoms with Gasteiger partial charge in [-0.3, -0.25) is 0 Å². The number of ether oxygens (including phenoxy) is 4. The molecule has 0 saturated carbocycles. The monoisotopic (exact) mass is 216 g/mol. The summed E-state index contributed by atoms with van der Waals surface area (Å²) in [4.78, 5) is 11.3. The van der Waals surface area contributed by atoms with Gasteiger partial charge in [0.25, 0.3) is 0 Å². The normalized spacial score (nSPS) is 22.9. The molecule has 1 rings (SSSR count). The summed E-state index contributed by atoms with van der Waals surface area (Å²) in [5.41, 5.74) is 0.742. The first-order chi connectivity index (χ1) is 7.15. The van der Waals surface area contributed by atoms with Crippen molar-refractivity contribution in [1.29, 1.82) is 0 Å². The van der Waals surface area contributed by atoms with Crippen LogP contribution in [0, 0.1) is 0 Å². The molecule has 5 nitrogen and oxygen atoms in total. The molecule has 0 aliphatic carbocycles. The molecule has 0 bridgehead atoms. The highest BCUT2D eigenvalue weighted by molar-refractivity contribution is 5.90. The third kappa shape index (κ3) is 2.30. The molecule has 2 atom stereocenters. The Bertz CT molecular complexity index is 271. The second-order valence-electron chi connectivity index (χ2n) is 3.27. The fraction of sp³-hybridized carbons (Fsp3) is 0.700. The molecule has 15 heavy (non-hydrogen) atoms. The minimum atomic E-state index is -0.446. The zero-order chi connectivity index (χ0) is 11.4. The molecule has 1 aliphatic rings. The van der Waals surface area contributed by atoms with E-state index < -0.39 is 12.1 Å². The molecule has 0 aromatic carbocycles. The Kier molecular flexibility index (Phi) is 4.11. The third-order valence-electron chi connectivity index (χ3n) is 2.38. The van der Waals surface area contributed by atoms with Crippen molar-refractivity contribution in [3.05, 3.63) is 11.3 Å². The van der Waals surface area contributed by atoms with Crippen molar-refractivity contribution in [1.82, 2.24) is 0 Å². The van der Waals surface area contributed by atoms with Crippen molar-refractivity contribution >= 4 is 5.97 Å². The first-order valence-electron chi connectivity index (χ1n) is 4.63. The maximum Gasteiger partial charge on any atom is 0.374 e. The van der Waals surface area contributed by atoms with E-state index in [0.717, 1.165) is 5.57 Å². The number of rotatable bonds is 5. The van der Waals surface area contributed by atoms with Gasteiger partial charge in [0.05, 0.1) is 13.7 Å². The van der Waals surface area contributed by atoms with E-state index in [0.29, 0.717) is 6.61 Å². The number of methoxy groups -OCH3 is 3. The summed E-state index contributed by atoms with van der Waals surface area (Å²) >= 11 is 0. The molecule has 0 aromatic heterocycles. The smallest absolute Gasteiger partial charge is 0.374 e. The maximum absolute atomic E-state index is 11.3. The minimum absolute atomic E-state index is 0.262. The van der Waals surface area contributed by atoms with E-state index in [1.165, 1.54) is 7.11 Å². The molecule has 0 spiro atoms. The van der Waals surface area contributed by atoms with Crippen LogP contribution in [0.2, 0.25) is 0 Å². The maximum atomic E-state index is 11.3. The van der Waals surface area contributed by atoms with Gasteiger partial charge in [-0.25, -0.2) is 4.79 Å². The molecule has 0 fully saturated rings. The standard InChI is InChI=1S/C10H16O5/c1-6-8(7(13-3)5-12-2)15-10(11)9(6)14-4/h7-8H,5H2,1-4H3. The molecule has 1 aliphatic heterocycles. The molecule has 0 saturated heterocycles. The van der Waals surface area contributed by atoms with Gasteiger partial charge in [-0.15, -0.1) is 0 Å². The number of cyclic esters (lactones) is 1. The van der Waals surface area contributed by atoms with Crippen LogP contribution in [0.5, 0.6) is 0 Å². The van der Waals surface area contributed by atoms with Gasteiger partial charge in [0.1, 0.15) is 6.10 Å². The zero-order valence-corrected chi connectivity index (χ0v) is 9.40. The lowest BCUT2D eigenvalue weighted by atomic mass is 10.1. The van der Waals surface area contributed by atoms with Gasteiger partial charge in [-0.05, 0) is 6.92 Å². The summed E-state index contributed by atoms with van der Waals surface area (Å²) in [7, 11) is 4.56. The highest BCUT2D eigenvalue weighted by Crippen LogP contribution is 2.26. The first-order valence-corrected chi connectivity index (χ1v) is 4.63. The van der Waals surface area contributed by atoms with Crippen LogP contribution in [-0.4, -0.2) is 46.1 Å². The summed E-state index contributed by atoms with van der Waals surface area (Å²) in [6.07, 6.45) is -0.719. The van der Waals surface area contributed by atoms with Crippen LogP contribution in [0.25, 0.3) is 0 Å². The van der Waals surface area contributed by atoms with Crippen molar-refractivity contribution in [2.45, 2.75) is 19.1 Å². The summed E-state index contributed by atoms with van der Waals surface area (Å²) < 4.78 is 20.3. The van der Waals surface area contributed by atoms with E-state index in [1.807, 2.05) is 0 Å². The second-order valence-corrected chi connectivity index (χ2v) is 3.27. The van der Waals surface area contributed by atoms with Crippen molar-refractivity contribution in [3.63, 3.8) is 0 Å². The van der Waals surface area contributed by atoms with E-state index >= 15 is 0 Å². The van der Waals surface area contributed by atoms with Crippen molar-refractivity contribution < 1.29 is 23.7 Å². The van der Waals surface area contributed by atoms with Crippen molar-refractivity contribution in [3.8, 4) is 0 Å². The fourth-order valence-electron chi connectivity index (χ4n) is 1.59. The Labute approximate surface area is 88.9 Å². The van der Waals surface area contributed by atoms with Crippen molar-refractivity contribution in [2.24, 2.45) is 0 Å². The molecule has 0 radical (unpaired) electrons. The topological polar surface area (TPSA) is 54.0 Å². The lowest BCUT2D eigenvalue weighted by Gasteiger charge is -2.21. The average Bonchev–Trinajstić information content (AvgIpc) is 2.50. The number of hydrogen-bond donors (Lipinski definition) is 0. The lowest BCUT2D eigenvalue weighted by Crippen LogP contribution is -2.33. The minimum Gasteiger partial charge on any atom is -0.490 e. The van der Waals surface area contributed by atoms with E-state index in [2.05, 4.69) is 0 Å². The van der Waals surface area contributed by atoms with Crippen LogP contribution in [0.3, 0.4) is 0 Å². The molecular formula is C10H16O5. The predicted molar refractivity (Wildman–Crippen MR) is 52.3 cm³/mol. The Morgan fingerprint density at radius 2 is 2.07 bits per heavy atom. The first kappa shape index (κ1) is 12.0. The molecule has 0 amide bonds. The summed E-state index contributed by atoms with van der Waals surface area (Å²) in [5, 5.41) is 0. The van der Waals surface area contributed by atoms with Crippen LogP contribution in [0.1, 0.15) is 6.92 Å². The molecule has 86 valence electrons. The third-order valence-corrected chi connectivity index (χ3v) is 2.38. The van der Waals surface area contributed by atoms with E-state index in [9.17, 15) is 4.79 Å². The zero-order valence-electron chi connectivity index (χ0n) is 9.40. The van der Waals surface area contributed by atoms with E-state index in [4.69, 9.17) is 18.9 Å². The Hall–Kier alpha value is -1.07. The molecule has 0 N–H and O–H groups in total. The van der Waals surface area contributed by atoms with Gasteiger partial charge >= 0.3 is 5.97 Å². The molecular weight excluding hydrogens is 200 g/mol. The van der Waals surface area contributed by atoms with Crippen LogP contribution < -0.4 is 0 Å². The summed E-state index contributed by atoms with van der Waals surface area (Å²) in [6.45, 7) is 2.15. The summed E-state index contributed by atoms with van der Waals surface area (Å²) in [6, 6.07) is 0. The number of carbonyl (C=O) groups excluding carboxylic acids is 1. The van der Waals surface area contributed by atoms with Crippen molar-refractivity contribution in [2.75, 3.05) is 27.9 Å². The van der Waals surface area contributed by atoms with Gasteiger partial charge < -0.3 is 18.9 Å². The lowest BCUT2D eigenvalue weighted by molar-refractivity contribution is -0.149. The Morgan fingerprint density at radius 3 is 2.47 bits per heavy atom. The Balaban J connectivity index is 2.80. The molecule has 5 heteroatoms. The number of carbonyl (C=O) groups is 1. The largest absolute Gasteiger partial charge is 0.490 e. The molecule has 0 aromatic rings. The van der Waals surface area contributed by atoms with Crippen LogP contribution in [0.4, 0.5) is 0 Å². The van der Waals surface area contributed by atoms with Gasteiger partial charge in [0, 0.05) is 19.8 Å². The van der Waals surface area contributed by atoms with E-state index in [-0.39, 0.29) is 11.9 Å². The van der Waals surface area contributed by atoms with Crippen LogP contribution >= 0.6 is 0 Å². The van der Waals surface area contributed by atoms with Gasteiger partial charge in [0.2, 0.25) is 5.76 Å². The number of hydrogen-bond acceptors (Lipinski definition) is 5. The quantitative estimate of drug-likeness (QED) is 0.626. The fourth-order valence-corrected chi connectivity index (χ4v) is 1.59.